The fourth-order valence-electron chi connectivity index (χ4n) is 1.31. The van der Waals surface area contributed by atoms with Crippen LogP contribution in [0.25, 0.3) is 0 Å². The molecule has 0 N–H and O–H groups in total. The van der Waals surface area contributed by atoms with E-state index in [1.54, 1.807) is 0 Å². The molecule has 0 bridgehead atoms. The molecule has 1 heterocycles. The molecule has 0 fully saturated rings. The van der Waals surface area contributed by atoms with Gasteiger partial charge in [-0.15, -0.1) is 0 Å². The van der Waals surface area contributed by atoms with Crippen LogP contribution < -0.4 is 4.74 Å². The summed E-state index contributed by atoms with van der Waals surface area (Å²) in [6, 6.07) is 7.96. The second-order valence-corrected chi connectivity index (χ2v) is 3.10. The van der Waals surface area contributed by atoms with E-state index in [1.807, 2.05) is 18.2 Å². The van der Waals surface area contributed by atoms with Gasteiger partial charge in [0, 0.05) is 0 Å². The highest BCUT2D eigenvalue weighted by Gasteiger charge is 2.09. The van der Waals surface area contributed by atoms with Gasteiger partial charge in [-0.3, -0.25) is 0 Å². The number of hydrogen-bond donors (Lipinski definition) is 0. The van der Waals surface area contributed by atoms with Crippen LogP contribution in [-0.2, 0) is 11.2 Å². The van der Waals surface area contributed by atoms with Crippen molar-refractivity contribution in [3.8, 4) is 5.75 Å². The molecule has 0 spiro atoms. The van der Waals surface area contributed by atoms with Crippen LogP contribution in [0.15, 0.2) is 29.3 Å². The largest absolute Gasteiger partial charge is 0.448 e. The monoisotopic (exact) mass is 191 g/mol. The molecule has 0 saturated carbocycles. The molecule has 74 valence electrons. The molecule has 3 nitrogen and oxygen atoms in total. The van der Waals surface area contributed by atoms with Gasteiger partial charge in [-0.2, -0.15) is 0 Å². The van der Waals surface area contributed by atoms with Gasteiger partial charge in [0.05, 0.1) is 6.54 Å². The lowest BCUT2D eigenvalue weighted by Gasteiger charge is -2.05. The number of rotatable bonds is 2. The highest BCUT2D eigenvalue weighted by atomic mass is 16.7. The molecule has 0 unspecified atom stereocenters. The fourth-order valence-corrected chi connectivity index (χ4v) is 1.31. The average Bonchev–Trinajstić information content (AvgIpc) is 2.71. The van der Waals surface area contributed by atoms with Crippen molar-refractivity contribution in [1.29, 1.82) is 0 Å². The molecule has 0 atom stereocenters. The van der Waals surface area contributed by atoms with E-state index in [0.717, 1.165) is 12.2 Å². The predicted octanol–water partition coefficient (Wildman–Crippen LogP) is 2.01. The number of ether oxygens (including phenoxy) is 2. The zero-order chi connectivity index (χ0) is 9.80. The summed E-state index contributed by atoms with van der Waals surface area (Å²) in [5.41, 5.74) is 1.25. The third-order valence-corrected chi connectivity index (χ3v) is 2.07. The molecule has 2 rings (SSSR count). The van der Waals surface area contributed by atoms with Crippen LogP contribution in [0.3, 0.4) is 0 Å². The number of aliphatic imine (C=N–C) groups is 1. The molecule has 1 aliphatic heterocycles. The minimum Gasteiger partial charge on any atom is -0.448 e. The van der Waals surface area contributed by atoms with E-state index < -0.39 is 0 Å². The highest BCUT2D eigenvalue weighted by Crippen LogP contribution is 2.15. The maximum absolute atomic E-state index is 5.45. The van der Waals surface area contributed by atoms with Gasteiger partial charge in [-0.1, -0.05) is 19.1 Å². The molecule has 1 aliphatic rings. The first-order chi connectivity index (χ1) is 6.88. The van der Waals surface area contributed by atoms with Crippen molar-refractivity contribution >= 4 is 6.08 Å². The molecule has 0 saturated heterocycles. The molecule has 1 aromatic carbocycles. The Labute approximate surface area is 83.4 Å². The Morgan fingerprint density at radius 1 is 1.50 bits per heavy atom. The second-order valence-electron chi connectivity index (χ2n) is 3.10. The number of hydrogen-bond acceptors (Lipinski definition) is 3. The van der Waals surface area contributed by atoms with Gasteiger partial charge < -0.3 is 9.47 Å². The Balaban J connectivity index is 2.08. The van der Waals surface area contributed by atoms with Gasteiger partial charge in [-0.05, 0) is 24.1 Å². The van der Waals surface area contributed by atoms with Gasteiger partial charge in [0.25, 0.3) is 0 Å². The predicted molar refractivity (Wildman–Crippen MR) is 54.7 cm³/mol. The Morgan fingerprint density at radius 3 is 3.14 bits per heavy atom. The van der Waals surface area contributed by atoms with Crippen molar-refractivity contribution in [1.82, 2.24) is 0 Å². The lowest BCUT2D eigenvalue weighted by Crippen LogP contribution is -2.08. The maximum Gasteiger partial charge on any atom is 0.389 e. The minimum atomic E-state index is 0.387. The summed E-state index contributed by atoms with van der Waals surface area (Å²) in [5, 5.41) is 0. The summed E-state index contributed by atoms with van der Waals surface area (Å²) in [7, 11) is 0. The Morgan fingerprint density at radius 2 is 2.43 bits per heavy atom. The topological polar surface area (TPSA) is 30.8 Å². The summed E-state index contributed by atoms with van der Waals surface area (Å²) >= 11 is 0. The van der Waals surface area contributed by atoms with Crippen LogP contribution in [0.2, 0.25) is 0 Å². The quantitative estimate of drug-likeness (QED) is 0.716. The van der Waals surface area contributed by atoms with Crippen LogP contribution in [0.4, 0.5) is 0 Å². The van der Waals surface area contributed by atoms with E-state index in [9.17, 15) is 0 Å². The summed E-state index contributed by atoms with van der Waals surface area (Å²) in [5.74, 6) is 0.796. The summed E-state index contributed by atoms with van der Waals surface area (Å²) in [6.45, 7) is 3.44. The normalized spacial score (nSPS) is 14.8. The van der Waals surface area contributed by atoms with Crippen LogP contribution in [0, 0.1) is 0 Å². The van der Waals surface area contributed by atoms with Crippen molar-refractivity contribution in [2.75, 3.05) is 13.2 Å². The van der Waals surface area contributed by atoms with Crippen LogP contribution in [0.5, 0.6) is 5.75 Å². The molecule has 14 heavy (non-hydrogen) atoms. The van der Waals surface area contributed by atoms with Gasteiger partial charge >= 0.3 is 6.08 Å². The van der Waals surface area contributed by atoms with Crippen molar-refractivity contribution in [2.45, 2.75) is 13.3 Å². The van der Waals surface area contributed by atoms with Gasteiger partial charge in [0.15, 0.2) is 0 Å². The smallest absolute Gasteiger partial charge is 0.389 e. The van der Waals surface area contributed by atoms with E-state index >= 15 is 0 Å². The van der Waals surface area contributed by atoms with Crippen molar-refractivity contribution in [2.24, 2.45) is 4.99 Å². The SMILES string of the molecule is CCc1cccc(OC2=NCCO2)c1. The summed E-state index contributed by atoms with van der Waals surface area (Å²) < 4.78 is 10.6. The van der Waals surface area contributed by atoms with Crippen molar-refractivity contribution in [3.05, 3.63) is 29.8 Å². The molecule has 0 amide bonds. The first kappa shape index (κ1) is 9.06. The summed E-state index contributed by atoms with van der Waals surface area (Å²) in [6.07, 6.45) is 1.39. The number of benzene rings is 1. The Bertz CT molecular complexity index is 347. The van der Waals surface area contributed by atoms with E-state index in [1.165, 1.54) is 5.56 Å². The average molecular weight is 191 g/mol. The molecule has 0 radical (unpaired) electrons. The molecular weight excluding hydrogens is 178 g/mol. The highest BCUT2D eigenvalue weighted by molar-refractivity contribution is 5.71. The summed E-state index contributed by atoms with van der Waals surface area (Å²) in [4.78, 5) is 4.06. The van der Waals surface area contributed by atoms with Crippen LogP contribution in [-0.4, -0.2) is 19.2 Å². The lowest BCUT2D eigenvalue weighted by molar-refractivity contribution is 0.274. The standard InChI is InChI=1S/C11H13NO2/c1-2-9-4-3-5-10(8-9)14-11-12-6-7-13-11/h3-5,8H,2,6-7H2,1H3. The van der Waals surface area contributed by atoms with Crippen molar-refractivity contribution < 1.29 is 9.47 Å². The third kappa shape index (κ3) is 2.05. The molecule has 1 aromatic rings. The van der Waals surface area contributed by atoms with E-state index in [4.69, 9.17) is 9.47 Å². The minimum absolute atomic E-state index is 0.387. The van der Waals surface area contributed by atoms with Crippen molar-refractivity contribution in [3.63, 3.8) is 0 Å². The van der Waals surface area contributed by atoms with Gasteiger partial charge in [-0.25, -0.2) is 4.99 Å². The maximum atomic E-state index is 5.45. The number of aryl methyl sites for hydroxylation is 1. The number of nitrogens with zero attached hydrogens (tertiary/aromatic N) is 1. The third-order valence-electron chi connectivity index (χ3n) is 2.07. The van der Waals surface area contributed by atoms with Crippen LogP contribution >= 0.6 is 0 Å². The lowest BCUT2D eigenvalue weighted by atomic mass is 10.2. The Kier molecular flexibility index (Phi) is 2.68. The van der Waals surface area contributed by atoms with Crippen LogP contribution in [0.1, 0.15) is 12.5 Å². The zero-order valence-electron chi connectivity index (χ0n) is 8.19. The van der Waals surface area contributed by atoms with Gasteiger partial charge in [0.1, 0.15) is 12.4 Å². The molecule has 3 heteroatoms. The van der Waals surface area contributed by atoms with E-state index in [2.05, 4.69) is 18.0 Å². The first-order valence-corrected chi connectivity index (χ1v) is 4.82. The zero-order valence-corrected chi connectivity index (χ0v) is 8.19. The van der Waals surface area contributed by atoms with E-state index in [-0.39, 0.29) is 0 Å². The molecule has 0 aliphatic carbocycles. The van der Waals surface area contributed by atoms with Gasteiger partial charge in [0.2, 0.25) is 0 Å². The molecule has 0 aromatic heterocycles. The fraction of sp³-hybridized carbons (Fsp3) is 0.364. The second kappa shape index (κ2) is 4.13. The first-order valence-electron chi connectivity index (χ1n) is 4.82. The molecular formula is C11H13NO2. The van der Waals surface area contributed by atoms with E-state index in [0.29, 0.717) is 19.2 Å². The Hall–Kier alpha value is -1.51.